The number of rotatable bonds is 10. The molecule has 0 aromatic heterocycles. The summed E-state index contributed by atoms with van der Waals surface area (Å²) in [4.78, 5) is 36.9. The van der Waals surface area contributed by atoms with Crippen LogP contribution in [0.15, 0.2) is 48.5 Å². The Morgan fingerprint density at radius 1 is 1.06 bits per heavy atom. The smallest absolute Gasteiger partial charge is 0.407 e. The van der Waals surface area contributed by atoms with Crippen LogP contribution in [-0.2, 0) is 14.3 Å². The van der Waals surface area contributed by atoms with Crippen LogP contribution in [0.2, 0.25) is 0 Å². The molecule has 2 unspecified atom stereocenters. The maximum Gasteiger partial charge on any atom is 0.407 e. The van der Waals surface area contributed by atoms with Gasteiger partial charge in [-0.1, -0.05) is 55.0 Å². The zero-order valence-electron chi connectivity index (χ0n) is 19.9. The van der Waals surface area contributed by atoms with Gasteiger partial charge in [-0.2, -0.15) is 11.8 Å². The molecule has 3 atom stereocenters. The summed E-state index contributed by atoms with van der Waals surface area (Å²) in [6.45, 7) is 0.181. The molecule has 0 aliphatic heterocycles. The van der Waals surface area contributed by atoms with Crippen LogP contribution >= 0.6 is 11.8 Å². The van der Waals surface area contributed by atoms with Crippen LogP contribution in [0.1, 0.15) is 49.1 Å². The number of thioether (sulfide) groups is 1. The van der Waals surface area contributed by atoms with E-state index in [0.717, 1.165) is 41.5 Å². The second-order valence-corrected chi connectivity index (χ2v) is 10.2. The van der Waals surface area contributed by atoms with Gasteiger partial charge in [0.1, 0.15) is 12.6 Å². The first-order chi connectivity index (χ1) is 17.0. The van der Waals surface area contributed by atoms with E-state index in [1.54, 1.807) is 11.8 Å². The van der Waals surface area contributed by atoms with Gasteiger partial charge in [-0.15, -0.1) is 0 Å². The van der Waals surface area contributed by atoms with Gasteiger partial charge in [0, 0.05) is 12.0 Å². The molecule has 1 fully saturated rings. The fourth-order valence-corrected chi connectivity index (χ4v) is 5.74. The third-order valence-corrected chi connectivity index (χ3v) is 7.63. The highest BCUT2D eigenvalue weighted by atomic mass is 32.2. The van der Waals surface area contributed by atoms with Gasteiger partial charge >= 0.3 is 12.1 Å². The van der Waals surface area contributed by atoms with E-state index in [-0.39, 0.29) is 36.8 Å². The maximum absolute atomic E-state index is 13.0. The Morgan fingerprint density at radius 2 is 1.71 bits per heavy atom. The molecule has 8 heteroatoms. The predicted molar refractivity (Wildman–Crippen MR) is 137 cm³/mol. The lowest BCUT2D eigenvalue weighted by atomic mass is 9.98. The number of hydrogen-bond donors (Lipinski definition) is 3. The molecule has 186 valence electrons. The number of alkyl carbamates (subject to hydrolysis) is 1. The maximum atomic E-state index is 13.0. The van der Waals surface area contributed by atoms with Crippen molar-refractivity contribution < 1.29 is 24.2 Å². The minimum Gasteiger partial charge on any atom is -0.481 e. The zero-order valence-corrected chi connectivity index (χ0v) is 20.7. The number of carbonyl (C=O) groups excluding carboxylic acids is 2. The van der Waals surface area contributed by atoms with Crippen molar-refractivity contribution in [3.05, 3.63) is 59.7 Å². The number of benzene rings is 2. The number of hydrogen-bond acceptors (Lipinski definition) is 5. The molecule has 2 aromatic carbocycles. The van der Waals surface area contributed by atoms with E-state index in [0.29, 0.717) is 12.2 Å². The van der Waals surface area contributed by atoms with Crippen LogP contribution in [0.4, 0.5) is 4.79 Å². The molecule has 2 aromatic rings. The lowest BCUT2D eigenvalue weighted by Crippen LogP contribution is -2.51. The van der Waals surface area contributed by atoms with Crippen molar-refractivity contribution in [2.75, 3.05) is 18.6 Å². The van der Waals surface area contributed by atoms with Crippen LogP contribution in [0, 0.1) is 5.92 Å². The number of ether oxygens (including phenoxy) is 1. The summed E-state index contributed by atoms with van der Waals surface area (Å²) in [5.74, 6) is -0.569. The third-order valence-electron chi connectivity index (χ3n) is 6.99. The summed E-state index contributed by atoms with van der Waals surface area (Å²) in [6, 6.07) is 15.4. The number of fused-ring (bicyclic) bond motifs is 3. The summed E-state index contributed by atoms with van der Waals surface area (Å²) in [5.41, 5.74) is 4.57. The number of amides is 2. The van der Waals surface area contributed by atoms with E-state index < -0.39 is 18.1 Å². The van der Waals surface area contributed by atoms with Gasteiger partial charge in [-0.3, -0.25) is 9.59 Å². The summed E-state index contributed by atoms with van der Waals surface area (Å²) in [7, 11) is 0. The van der Waals surface area contributed by atoms with E-state index in [1.165, 1.54) is 0 Å². The molecule has 0 heterocycles. The zero-order chi connectivity index (χ0) is 24.8. The van der Waals surface area contributed by atoms with Crippen molar-refractivity contribution in [1.29, 1.82) is 0 Å². The van der Waals surface area contributed by atoms with Crippen molar-refractivity contribution >= 4 is 29.7 Å². The summed E-state index contributed by atoms with van der Waals surface area (Å²) >= 11 is 1.59. The van der Waals surface area contributed by atoms with Gasteiger partial charge in [0.15, 0.2) is 0 Å². The third kappa shape index (κ3) is 5.99. The first-order valence-electron chi connectivity index (χ1n) is 12.1. The van der Waals surface area contributed by atoms with Crippen molar-refractivity contribution in [2.24, 2.45) is 5.92 Å². The lowest BCUT2D eigenvalue weighted by molar-refractivity contribution is -0.138. The molecule has 35 heavy (non-hydrogen) atoms. The molecule has 2 amide bonds. The van der Waals surface area contributed by atoms with Gasteiger partial charge < -0.3 is 20.5 Å². The highest BCUT2D eigenvalue weighted by molar-refractivity contribution is 7.98. The van der Waals surface area contributed by atoms with E-state index in [9.17, 15) is 14.4 Å². The Bertz CT molecular complexity index is 1030. The number of nitrogens with one attached hydrogen (secondary N) is 2. The number of carboxylic acids is 1. The molecule has 7 nitrogen and oxygen atoms in total. The average Bonchev–Trinajstić information content (AvgIpc) is 3.41. The van der Waals surface area contributed by atoms with Gasteiger partial charge in [-0.25, -0.2) is 4.79 Å². The number of aliphatic carboxylic acids is 1. The second kappa shape index (κ2) is 11.6. The van der Waals surface area contributed by atoms with E-state index in [1.807, 2.05) is 30.5 Å². The monoisotopic (exact) mass is 496 g/mol. The SMILES string of the molecule is CSCC[C@H](NC(=O)OCC1c2ccccc2-c2ccccc21)C(=O)NC1CCCC1CC(=O)O. The van der Waals surface area contributed by atoms with Crippen molar-refractivity contribution in [3.8, 4) is 11.1 Å². The van der Waals surface area contributed by atoms with Crippen LogP contribution in [0.5, 0.6) is 0 Å². The van der Waals surface area contributed by atoms with Gasteiger partial charge in [-0.05, 0) is 59.4 Å². The second-order valence-electron chi connectivity index (χ2n) is 9.21. The van der Waals surface area contributed by atoms with Crippen LogP contribution in [0.25, 0.3) is 11.1 Å². The normalized spacial score (nSPS) is 19.5. The Labute approximate surface area is 210 Å². The summed E-state index contributed by atoms with van der Waals surface area (Å²) < 4.78 is 5.63. The van der Waals surface area contributed by atoms with Crippen LogP contribution in [-0.4, -0.2) is 53.8 Å². The topological polar surface area (TPSA) is 105 Å². The Balaban J connectivity index is 1.37. The molecule has 3 N–H and O–H groups in total. The molecule has 0 saturated heterocycles. The molecule has 0 bridgehead atoms. The van der Waals surface area contributed by atoms with Crippen molar-refractivity contribution in [2.45, 2.75) is 50.1 Å². The first-order valence-corrected chi connectivity index (χ1v) is 13.5. The van der Waals surface area contributed by atoms with Crippen LogP contribution < -0.4 is 10.6 Å². The van der Waals surface area contributed by atoms with E-state index in [4.69, 9.17) is 9.84 Å². The Morgan fingerprint density at radius 3 is 2.34 bits per heavy atom. The quantitative estimate of drug-likeness (QED) is 0.450. The van der Waals surface area contributed by atoms with Crippen LogP contribution in [0.3, 0.4) is 0 Å². The fourth-order valence-electron chi connectivity index (χ4n) is 5.27. The number of carboxylic acid groups (broad SMARTS) is 1. The molecule has 2 aliphatic rings. The predicted octanol–water partition coefficient (Wildman–Crippen LogP) is 4.41. The lowest BCUT2D eigenvalue weighted by Gasteiger charge is -2.24. The summed E-state index contributed by atoms with van der Waals surface area (Å²) in [5, 5.41) is 14.9. The highest BCUT2D eigenvalue weighted by Gasteiger charge is 2.33. The Kier molecular flexibility index (Phi) is 8.33. The molecular formula is C27H32N2O5S. The largest absolute Gasteiger partial charge is 0.481 e. The molecular weight excluding hydrogens is 464 g/mol. The molecule has 0 radical (unpaired) electrons. The highest BCUT2D eigenvalue weighted by Crippen LogP contribution is 2.44. The van der Waals surface area contributed by atoms with E-state index in [2.05, 4.69) is 34.9 Å². The standard InChI is InChI=1S/C27H32N2O5S/c1-35-14-13-24(26(32)28-23-12-6-7-17(23)15-25(30)31)29-27(33)34-16-22-20-10-4-2-8-18(20)19-9-3-5-11-21(19)22/h2-5,8-11,17,22-24H,6-7,12-16H2,1H3,(H,28,32)(H,29,33)(H,30,31)/t17?,23?,24-/m0/s1. The van der Waals surface area contributed by atoms with Crippen molar-refractivity contribution in [3.63, 3.8) is 0 Å². The first kappa shape index (κ1) is 25.1. The van der Waals surface area contributed by atoms with Gasteiger partial charge in [0.05, 0.1) is 6.42 Å². The van der Waals surface area contributed by atoms with Gasteiger partial charge in [0.25, 0.3) is 0 Å². The molecule has 4 rings (SSSR count). The minimum absolute atomic E-state index is 0.0419. The van der Waals surface area contributed by atoms with Crippen molar-refractivity contribution in [1.82, 2.24) is 10.6 Å². The Hall–Kier alpha value is -3.00. The minimum atomic E-state index is -0.855. The average molecular weight is 497 g/mol. The summed E-state index contributed by atoms with van der Waals surface area (Å²) in [6.07, 6.45) is 4.26. The number of carbonyl (C=O) groups is 3. The van der Waals surface area contributed by atoms with E-state index >= 15 is 0 Å². The fraction of sp³-hybridized carbons (Fsp3) is 0.444. The molecule has 1 saturated carbocycles. The van der Waals surface area contributed by atoms with Gasteiger partial charge in [0.2, 0.25) is 5.91 Å². The molecule has 2 aliphatic carbocycles. The molecule has 0 spiro atoms.